The lowest BCUT2D eigenvalue weighted by atomic mass is 10.2. The molecule has 1 unspecified atom stereocenters. The Morgan fingerprint density at radius 3 is 3.06 bits per heavy atom. The van der Waals surface area contributed by atoms with Gasteiger partial charge in [-0.3, -0.25) is 4.79 Å². The third-order valence-electron chi connectivity index (χ3n) is 2.71. The molecule has 17 heavy (non-hydrogen) atoms. The molecular weight excluding hydrogens is 238 g/mol. The number of carbonyl (C=O) groups excluding carboxylic acids is 1. The number of amides is 1. The van der Waals surface area contributed by atoms with E-state index in [1.54, 1.807) is 0 Å². The first kappa shape index (κ1) is 12.5. The Bertz CT molecular complexity index is 380. The van der Waals surface area contributed by atoms with Gasteiger partial charge in [0.2, 0.25) is 5.91 Å². The lowest BCUT2D eigenvalue weighted by Crippen LogP contribution is -2.43. The van der Waals surface area contributed by atoms with Crippen LogP contribution >= 0.6 is 11.3 Å². The van der Waals surface area contributed by atoms with Gasteiger partial charge in [-0.15, -0.1) is 11.3 Å². The maximum atomic E-state index is 11.8. The molecule has 1 aromatic rings. The van der Waals surface area contributed by atoms with Gasteiger partial charge in [-0.25, -0.2) is 4.98 Å². The second-order valence-electron chi connectivity index (χ2n) is 4.14. The molecule has 0 radical (unpaired) electrons. The number of aromatic nitrogens is 1. The minimum atomic E-state index is -0.0123. The standard InChI is InChI=1S/C11H17N3O2S/c1-7-8(2)17-11(13-7)14-10(15)5-9-6-16-4-3-12-9/h9,12H,3-6H2,1-2H3,(H,13,14,15). The first-order valence-corrected chi connectivity index (χ1v) is 6.52. The molecule has 0 aromatic carbocycles. The predicted octanol–water partition coefficient (Wildman–Crippen LogP) is 1.08. The van der Waals surface area contributed by atoms with Gasteiger partial charge in [0.15, 0.2) is 5.13 Å². The summed E-state index contributed by atoms with van der Waals surface area (Å²) in [4.78, 5) is 17.2. The minimum absolute atomic E-state index is 0.0123. The van der Waals surface area contributed by atoms with Crippen LogP contribution in [-0.2, 0) is 9.53 Å². The van der Waals surface area contributed by atoms with E-state index in [9.17, 15) is 4.79 Å². The van der Waals surface area contributed by atoms with Gasteiger partial charge in [-0.1, -0.05) is 0 Å². The van der Waals surface area contributed by atoms with E-state index in [2.05, 4.69) is 15.6 Å². The third-order valence-corrected chi connectivity index (χ3v) is 3.69. The number of aryl methyl sites for hydroxylation is 2. The Labute approximate surface area is 105 Å². The van der Waals surface area contributed by atoms with Gasteiger partial charge < -0.3 is 15.4 Å². The molecule has 1 aliphatic rings. The van der Waals surface area contributed by atoms with E-state index >= 15 is 0 Å². The normalized spacial score (nSPS) is 20.2. The highest BCUT2D eigenvalue weighted by molar-refractivity contribution is 7.15. The lowest BCUT2D eigenvalue weighted by Gasteiger charge is -2.22. The average Bonchev–Trinajstić information content (AvgIpc) is 2.59. The van der Waals surface area contributed by atoms with Crippen molar-refractivity contribution in [1.29, 1.82) is 0 Å². The van der Waals surface area contributed by atoms with Gasteiger partial charge >= 0.3 is 0 Å². The average molecular weight is 255 g/mol. The van der Waals surface area contributed by atoms with Gasteiger partial charge in [0.1, 0.15) is 0 Å². The van der Waals surface area contributed by atoms with Gasteiger partial charge in [0.05, 0.1) is 18.9 Å². The Morgan fingerprint density at radius 2 is 2.47 bits per heavy atom. The maximum absolute atomic E-state index is 11.8. The summed E-state index contributed by atoms with van der Waals surface area (Å²) in [6.07, 6.45) is 0.428. The summed E-state index contributed by atoms with van der Waals surface area (Å²) in [7, 11) is 0. The monoisotopic (exact) mass is 255 g/mol. The highest BCUT2D eigenvalue weighted by Crippen LogP contribution is 2.21. The van der Waals surface area contributed by atoms with Crippen LogP contribution in [0.5, 0.6) is 0 Å². The summed E-state index contributed by atoms with van der Waals surface area (Å²) < 4.78 is 5.30. The number of hydrogen-bond acceptors (Lipinski definition) is 5. The zero-order chi connectivity index (χ0) is 12.3. The number of rotatable bonds is 3. The number of thiazole rings is 1. The van der Waals surface area contributed by atoms with Gasteiger partial charge in [-0.2, -0.15) is 0 Å². The molecule has 0 saturated carbocycles. The first-order chi connectivity index (χ1) is 8.15. The fourth-order valence-electron chi connectivity index (χ4n) is 1.67. The topological polar surface area (TPSA) is 63.2 Å². The van der Waals surface area contributed by atoms with Crippen LogP contribution in [0.25, 0.3) is 0 Å². The van der Waals surface area contributed by atoms with Crippen LogP contribution in [0.15, 0.2) is 0 Å². The minimum Gasteiger partial charge on any atom is -0.378 e. The number of morpholine rings is 1. The van der Waals surface area contributed by atoms with Crippen LogP contribution in [0.2, 0.25) is 0 Å². The number of nitrogens with zero attached hydrogens (tertiary/aromatic N) is 1. The number of nitrogens with one attached hydrogen (secondary N) is 2. The summed E-state index contributed by atoms with van der Waals surface area (Å²) in [5.74, 6) is -0.0123. The maximum Gasteiger partial charge on any atom is 0.227 e. The van der Waals surface area contributed by atoms with E-state index in [-0.39, 0.29) is 11.9 Å². The van der Waals surface area contributed by atoms with Crippen molar-refractivity contribution in [2.24, 2.45) is 0 Å². The van der Waals surface area contributed by atoms with Gasteiger partial charge in [0.25, 0.3) is 0 Å². The molecule has 2 N–H and O–H groups in total. The Kier molecular flexibility index (Phi) is 4.09. The van der Waals surface area contributed by atoms with Crippen LogP contribution in [0.1, 0.15) is 17.0 Å². The van der Waals surface area contributed by atoms with Gasteiger partial charge in [0, 0.05) is 23.9 Å². The Balaban J connectivity index is 1.84. The van der Waals surface area contributed by atoms with Crippen molar-refractivity contribution < 1.29 is 9.53 Å². The summed E-state index contributed by atoms with van der Waals surface area (Å²) in [5, 5.41) is 6.76. The highest BCUT2D eigenvalue weighted by atomic mass is 32.1. The zero-order valence-electron chi connectivity index (χ0n) is 10.1. The second kappa shape index (κ2) is 5.57. The number of carbonyl (C=O) groups is 1. The van der Waals surface area contributed by atoms with Crippen molar-refractivity contribution >= 4 is 22.4 Å². The molecule has 1 amide bonds. The van der Waals surface area contributed by atoms with E-state index in [0.717, 1.165) is 23.7 Å². The number of ether oxygens (including phenoxy) is 1. The first-order valence-electron chi connectivity index (χ1n) is 5.70. The third kappa shape index (κ3) is 3.49. The van der Waals surface area contributed by atoms with Crippen molar-refractivity contribution in [3.05, 3.63) is 10.6 Å². The van der Waals surface area contributed by atoms with E-state index in [4.69, 9.17) is 4.74 Å². The molecule has 1 saturated heterocycles. The smallest absolute Gasteiger partial charge is 0.227 e. The van der Waals surface area contributed by atoms with Crippen molar-refractivity contribution in [3.63, 3.8) is 0 Å². The summed E-state index contributed by atoms with van der Waals surface area (Å²) in [6, 6.07) is 0.117. The fraction of sp³-hybridized carbons (Fsp3) is 0.636. The fourth-order valence-corrected chi connectivity index (χ4v) is 2.50. The number of hydrogen-bond donors (Lipinski definition) is 2. The zero-order valence-corrected chi connectivity index (χ0v) is 10.9. The van der Waals surface area contributed by atoms with Crippen LogP contribution in [0, 0.1) is 13.8 Å². The molecule has 94 valence electrons. The highest BCUT2D eigenvalue weighted by Gasteiger charge is 2.17. The molecule has 2 rings (SSSR count). The van der Waals surface area contributed by atoms with Crippen molar-refractivity contribution in [1.82, 2.24) is 10.3 Å². The summed E-state index contributed by atoms with van der Waals surface area (Å²) in [6.45, 7) is 6.08. The van der Waals surface area contributed by atoms with Crippen LogP contribution in [0.3, 0.4) is 0 Å². The molecule has 1 aliphatic heterocycles. The molecule has 5 nitrogen and oxygen atoms in total. The van der Waals surface area contributed by atoms with Crippen LogP contribution in [-0.4, -0.2) is 36.7 Å². The number of anilines is 1. The molecule has 0 aliphatic carbocycles. The van der Waals surface area contributed by atoms with Gasteiger partial charge in [-0.05, 0) is 13.8 Å². The SMILES string of the molecule is Cc1nc(NC(=O)CC2COCCN2)sc1C. The van der Waals surface area contributed by atoms with E-state index < -0.39 is 0 Å². The van der Waals surface area contributed by atoms with Crippen molar-refractivity contribution in [2.75, 3.05) is 25.1 Å². The largest absolute Gasteiger partial charge is 0.378 e. The summed E-state index contributed by atoms with van der Waals surface area (Å²) in [5.41, 5.74) is 0.976. The Morgan fingerprint density at radius 1 is 1.65 bits per heavy atom. The molecule has 0 bridgehead atoms. The van der Waals surface area contributed by atoms with E-state index in [1.807, 2.05) is 13.8 Å². The van der Waals surface area contributed by atoms with Crippen molar-refractivity contribution in [3.8, 4) is 0 Å². The quantitative estimate of drug-likeness (QED) is 0.848. The molecule has 1 fully saturated rings. The molecular formula is C11H17N3O2S. The molecule has 0 spiro atoms. The summed E-state index contributed by atoms with van der Waals surface area (Å²) >= 11 is 1.51. The molecule has 2 heterocycles. The lowest BCUT2D eigenvalue weighted by molar-refractivity contribution is -0.117. The predicted molar refractivity (Wildman–Crippen MR) is 67.4 cm³/mol. The Hall–Kier alpha value is -0.980. The van der Waals surface area contributed by atoms with Crippen LogP contribution in [0.4, 0.5) is 5.13 Å². The molecule has 1 atom stereocenters. The molecule has 6 heteroatoms. The van der Waals surface area contributed by atoms with E-state index in [1.165, 1.54) is 11.3 Å². The van der Waals surface area contributed by atoms with E-state index in [0.29, 0.717) is 18.2 Å². The van der Waals surface area contributed by atoms with Crippen molar-refractivity contribution in [2.45, 2.75) is 26.3 Å². The van der Waals surface area contributed by atoms with Crippen LogP contribution < -0.4 is 10.6 Å². The second-order valence-corrected chi connectivity index (χ2v) is 5.34. The molecule has 1 aromatic heterocycles.